The fraction of sp³-hybridized carbons (Fsp3) is 0.381. The van der Waals surface area contributed by atoms with Crippen LogP contribution < -0.4 is 5.73 Å². The normalized spacial score (nSPS) is 21.4. The van der Waals surface area contributed by atoms with E-state index in [0.717, 1.165) is 10.5 Å². The molecule has 0 bridgehead atoms. The molecule has 2 N–H and O–H groups in total. The molecule has 158 valence electrons. The second kappa shape index (κ2) is 9.25. The summed E-state index contributed by atoms with van der Waals surface area (Å²) in [5.41, 5.74) is 6.51. The summed E-state index contributed by atoms with van der Waals surface area (Å²) < 4.78 is 0. The van der Waals surface area contributed by atoms with Crippen LogP contribution in [0.15, 0.2) is 63.7 Å². The SMILES string of the molecule is CC(N)=NCC1(C(C)C)N=CN(Cc2ccncc2)C1Sc1cccc([N+](=O)[O-])c1. The van der Waals surface area contributed by atoms with Crippen LogP contribution >= 0.6 is 11.8 Å². The van der Waals surface area contributed by atoms with Gasteiger partial charge in [-0.25, -0.2) is 0 Å². The number of aromatic nitrogens is 1. The molecule has 1 aromatic carbocycles. The molecule has 9 heteroatoms. The largest absolute Gasteiger partial charge is 0.388 e. The van der Waals surface area contributed by atoms with Crippen LogP contribution in [-0.4, -0.2) is 44.4 Å². The van der Waals surface area contributed by atoms with Gasteiger partial charge in [-0.1, -0.05) is 31.7 Å². The van der Waals surface area contributed by atoms with Crippen LogP contribution in [0.25, 0.3) is 0 Å². The van der Waals surface area contributed by atoms with Crippen molar-refractivity contribution in [1.29, 1.82) is 0 Å². The van der Waals surface area contributed by atoms with Crippen molar-refractivity contribution >= 4 is 29.6 Å². The van der Waals surface area contributed by atoms with Crippen LogP contribution in [0.4, 0.5) is 5.69 Å². The van der Waals surface area contributed by atoms with Gasteiger partial charge in [0.2, 0.25) is 0 Å². The molecule has 1 aliphatic heterocycles. The minimum absolute atomic E-state index is 0.0746. The number of thioether (sulfide) groups is 1. The summed E-state index contributed by atoms with van der Waals surface area (Å²) >= 11 is 1.57. The average Bonchev–Trinajstić information content (AvgIpc) is 3.06. The van der Waals surface area contributed by atoms with Gasteiger partial charge >= 0.3 is 0 Å². The molecule has 3 rings (SSSR count). The molecule has 0 saturated carbocycles. The van der Waals surface area contributed by atoms with Crippen LogP contribution in [0.2, 0.25) is 0 Å². The average molecular weight is 427 g/mol. The molecule has 30 heavy (non-hydrogen) atoms. The minimum atomic E-state index is -0.511. The quantitative estimate of drug-likeness (QED) is 0.298. The lowest BCUT2D eigenvalue weighted by molar-refractivity contribution is -0.385. The predicted octanol–water partition coefficient (Wildman–Crippen LogP) is 3.72. The molecule has 0 spiro atoms. The summed E-state index contributed by atoms with van der Waals surface area (Å²) in [6, 6.07) is 10.7. The van der Waals surface area contributed by atoms with Crippen molar-refractivity contribution in [3.05, 3.63) is 64.5 Å². The standard InChI is InChI=1S/C21H26N6O2S/c1-15(2)21(13-24-16(3)22)20(30-19-6-4-5-18(11-19)27(28)29)26(14-25-21)12-17-7-9-23-10-8-17/h4-11,14-15,20H,12-13H2,1-3H3,(H2,22,24). The number of nitro groups is 1. The van der Waals surface area contributed by atoms with E-state index in [1.807, 2.05) is 24.5 Å². The van der Waals surface area contributed by atoms with E-state index in [4.69, 9.17) is 10.7 Å². The highest BCUT2D eigenvalue weighted by Crippen LogP contribution is 2.43. The molecule has 0 saturated heterocycles. The predicted molar refractivity (Wildman–Crippen MR) is 121 cm³/mol. The zero-order valence-corrected chi connectivity index (χ0v) is 18.1. The van der Waals surface area contributed by atoms with E-state index in [9.17, 15) is 10.1 Å². The highest BCUT2D eigenvalue weighted by molar-refractivity contribution is 8.00. The van der Waals surface area contributed by atoms with E-state index >= 15 is 0 Å². The lowest BCUT2D eigenvalue weighted by Gasteiger charge is -2.38. The molecule has 1 aromatic heterocycles. The maximum atomic E-state index is 11.2. The number of benzene rings is 1. The van der Waals surface area contributed by atoms with Crippen LogP contribution in [0.1, 0.15) is 26.3 Å². The summed E-state index contributed by atoms with van der Waals surface area (Å²) in [7, 11) is 0. The number of aliphatic imine (C=N–C) groups is 2. The number of hydrogen-bond acceptors (Lipinski definition) is 7. The van der Waals surface area contributed by atoms with Gasteiger partial charge in [-0.3, -0.25) is 25.1 Å². The first-order valence-corrected chi connectivity index (χ1v) is 10.6. The Kier molecular flexibility index (Phi) is 6.71. The van der Waals surface area contributed by atoms with E-state index in [1.54, 1.807) is 43.2 Å². The molecule has 1 aliphatic rings. The number of rotatable bonds is 8. The zero-order chi connectivity index (χ0) is 21.7. The second-order valence-corrected chi connectivity index (χ2v) is 8.75. The van der Waals surface area contributed by atoms with Crippen molar-refractivity contribution < 1.29 is 4.92 Å². The molecule has 2 atom stereocenters. The van der Waals surface area contributed by atoms with Gasteiger partial charge in [0.05, 0.1) is 23.6 Å². The van der Waals surface area contributed by atoms with Crippen molar-refractivity contribution in [3.63, 3.8) is 0 Å². The van der Waals surface area contributed by atoms with Crippen LogP contribution in [0, 0.1) is 16.0 Å². The molecule has 0 radical (unpaired) electrons. The number of nitrogens with zero attached hydrogens (tertiary/aromatic N) is 5. The molecule has 2 aromatic rings. The number of hydrogen-bond donors (Lipinski definition) is 1. The highest BCUT2D eigenvalue weighted by Gasteiger charge is 2.48. The Balaban J connectivity index is 1.97. The lowest BCUT2D eigenvalue weighted by Crippen LogP contribution is -2.49. The lowest BCUT2D eigenvalue weighted by atomic mass is 9.87. The Morgan fingerprint density at radius 2 is 2.10 bits per heavy atom. The van der Waals surface area contributed by atoms with Crippen molar-refractivity contribution in [2.75, 3.05) is 6.54 Å². The van der Waals surface area contributed by atoms with Crippen molar-refractivity contribution in [2.45, 2.75) is 43.1 Å². The van der Waals surface area contributed by atoms with Crippen molar-refractivity contribution in [3.8, 4) is 0 Å². The fourth-order valence-electron chi connectivity index (χ4n) is 3.37. The molecule has 0 fully saturated rings. The van der Waals surface area contributed by atoms with Gasteiger partial charge in [-0.05, 0) is 36.6 Å². The molecule has 2 unspecified atom stereocenters. The molecule has 0 amide bonds. The Labute approximate surface area is 180 Å². The summed E-state index contributed by atoms with van der Waals surface area (Å²) in [6.45, 7) is 7.11. The summed E-state index contributed by atoms with van der Waals surface area (Å²) in [6.07, 6.45) is 5.41. The smallest absolute Gasteiger partial charge is 0.270 e. The number of non-ortho nitro benzene ring substituents is 1. The molecule has 0 aliphatic carbocycles. The van der Waals surface area contributed by atoms with Gasteiger partial charge in [0.1, 0.15) is 10.9 Å². The zero-order valence-electron chi connectivity index (χ0n) is 17.3. The van der Waals surface area contributed by atoms with E-state index in [1.165, 1.54) is 6.07 Å². The van der Waals surface area contributed by atoms with Crippen LogP contribution in [0.3, 0.4) is 0 Å². The Bertz CT molecular complexity index is 946. The van der Waals surface area contributed by atoms with Gasteiger partial charge in [-0.15, -0.1) is 0 Å². The van der Waals surface area contributed by atoms with Crippen LogP contribution in [0.5, 0.6) is 0 Å². The van der Waals surface area contributed by atoms with Crippen LogP contribution in [-0.2, 0) is 6.54 Å². The summed E-state index contributed by atoms with van der Waals surface area (Å²) in [4.78, 5) is 27.4. The minimum Gasteiger partial charge on any atom is -0.388 e. The van der Waals surface area contributed by atoms with Gasteiger partial charge in [0.15, 0.2) is 0 Å². The fourth-order valence-corrected chi connectivity index (χ4v) is 4.85. The number of nitrogens with two attached hydrogens (primary N) is 1. The maximum absolute atomic E-state index is 11.2. The van der Waals surface area contributed by atoms with Crippen molar-refractivity contribution in [1.82, 2.24) is 9.88 Å². The maximum Gasteiger partial charge on any atom is 0.270 e. The van der Waals surface area contributed by atoms with E-state index in [-0.39, 0.29) is 21.9 Å². The second-order valence-electron chi connectivity index (χ2n) is 7.60. The first-order valence-electron chi connectivity index (χ1n) is 9.69. The topological polar surface area (TPSA) is 110 Å². The monoisotopic (exact) mass is 426 g/mol. The van der Waals surface area contributed by atoms with E-state index in [2.05, 4.69) is 28.7 Å². The highest BCUT2D eigenvalue weighted by atomic mass is 32.2. The number of amidine groups is 1. The van der Waals surface area contributed by atoms with Gasteiger partial charge in [0, 0.05) is 36.0 Å². The Hall–Kier alpha value is -2.94. The number of nitro benzene ring substituents is 1. The first kappa shape index (κ1) is 21.8. The molecular formula is C21H26N6O2S. The third-order valence-corrected chi connectivity index (χ3v) is 6.58. The summed E-state index contributed by atoms with van der Waals surface area (Å²) in [5.74, 6) is 0.687. The van der Waals surface area contributed by atoms with Gasteiger partial charge in [-0.2, -0.15) is 0 Å². The van der Waals surface area contributed by atoms with E-state index < -0.39 is 5.54 Å². The number of pyridine rings is 1. The van der Waals surface area contributed by atoms with Gasteiger partial charge in [0.25, 0.3) is 5.69 Å². The summed E-state index contributed by atoms with van der Waals surface area (Å²) in [5, 5.41) is 11.1. The van der Waals surface area contributed by atoms with Crippen molar-refractivity contribution in [2.24, 2.45) is 21.6 Å². The third-order valence-electron chi connectivity index (χ3n) is 5.15. The first-order chi connectivity index (χ1) is 14.3. The van der Waals surface area contributed by atoms with Gasteiger partial charge < -0.3 is 10.6 Å². The Morgan fingerprint density at radius 1 is 1.37 bits per heavy atom. The third kappa shape index (κ3) is 4.79. The Morgan fingerprint density at radius 3 is 2.73 bits per heavy atom. The molecular weight excluding hydrogens is 400 g/mol. The molecule has 2 heterocycles. The molecule has 8 nitrogen and oxygen atoms in total. The van der Waals surface area contributed by atoms with E-state index in [0.29, 0.717) is 18.9 Å².